The average molecular weight is 332 g/mol. The zero-order valence-corrected chi connectivity index (χ0v) is 13.6. The van der Waals surface area contributed by atoms with Gasteiger partial charge in [0.25, 0.3) is 11.5 Å². The fraction of sp³-hybridized carbons (Fsp3) is 0.294. The maximum atomic E-state index is 12.7. The van der Waals surface area contributed by atoms with Crippen molar-refractivity contribution in [2.24, 2.45) is 0 Å². The lowest BCUT2D eigenvalue weighted by Gasteiger charge is -2.39. The number of nitrogens with one attached hydrogen (secondary N) is 1. The Morgan fingerprint density at radius 1 is 1.26 bits per heavy atom. The van der Waals surface area contributed by atoms with Gasteiger partial charge in [-0.2, -0.15) is 0 Å². The fourth-order valence-corrected chi connectivity index (χ4v) is 3.03. The maximum Gasteiger partial charge on any atom is 0.266 e. The largest absolute Gasteiger partial charge is 0.335 e. The number of aromatic amines is 1. The maximum absolute atomic E-state index is 12.7. The molecule has 0 aliphatic carbocycles. The SMILES string of the molecule is CN1CCN(C(=O)c2c[nH]c(=O)c(Cl)c2)CC1c1ccccc1. The Balaban J connectivity index is 1.81. The summed E-state index contributed by atoms with van der Waals surface area (Å²) in [4.78, 5) is 30.6. The summed E-state index contributed by atoms with van der Waals surface area (Å²) < 4.78 is 0. The van der Waals surface area contributed by atoms with Crippen molar-refractivity contribution >= 4 is 17.5 Å². The number of piperazine rings is 1. The Bertz CT molecular complexity index is 760. The third-order valence-electron chi connectivity index (χ3n) is 4.22. The van der Waals surface area contributed by atoms with Crippen LogP contribution >= 0.6 is 11.6 Å². The molecule has 1 atom stereocenters. The summed E-state index contributed by atoms with van der Waals surface area (Å²) in [6, 6.07) is 11.7. The highest BCUT2D eigenvalue weighted by Crippen LogP contribution is 2.24. The molecule has 0 radical (unpaired) electrons. The molecule has 1 amide bonds. The van der Waals surface area contributed by atoms with E-state index in [-0.39, 0.29) is 22.5 Å². The Hall–Kier alpha value is -2.11. The van der Waals surface area contributed by atoms with E-state index in [0.29, 0.717) is 18.7 Å². The lowest BCUT2D eigenvalue weighted by molar-refractivity contribution is 0.0546. The Kier molecular flexibility index (Phi) is 4.50. The molecule has 0 saturated carbocycles. The molecule has 2 heterocycles. The second-order valence-electron chi connectivity index (χ2n) is 5.72. The molecular formula is C17H18ClN3O2. The number of carbonyl (C=O) groups is 1. The molecule has 1 saturated heterocycles. The van der Waals surface area contributed by atoms with E-state index in [2.05, 4.69) is 29.1 Å². The fourth-order valence-electron chi connectivity index (χ4n) is 2.86. The first-order chi connectivity index (χ1) is 11.1. The van der Waals surface area contributed by atoms with Crippen molar-refractivity contribution in [2.45, 2.75) is 6.04 Å². The van der Waals surface area contributed by atoms with Gasteiger partial charge < -0.3 is 9.88 Å². The number of aromatic nitrogens is 1. The van der Waals surface area contributed by atoms with E-state index in [9.17, 15) is 9.59 Å². The molecule has 1 aromatic heterocycles. The number of H-pyrrole nitrogens is 1. The summed E-state index contributed by atoms with van der Waals surface area (Å²) in [5.41, 5.74) is 1.21. The van der Waals surface area contributed by atoms with E-state index in [1.54, 1.807) is 0 Å². The van der Waals surface area contributed by atoms with Crippen LogP contribution in [0.2, 0.25) is 5.02 Å². The predicted octanol–water partition coefficient (Wildman–Crippen LogP) is 2.16. The highest BCUT2D eigenvalue weighted by atomic mass is 35.5. The number of rotatable bonds is 2. The van der Waals surface area contributed by atoms with Crippen molar-refractivity contribution in [1.82, 2.24) is 14.8 Å². The van der Waals surface area contributed by atoms with Gasteiger partial charge in [0, 0.05) is 25.8 Å². The standard InChI is InChI=1S/C17H18ClN3O2/c1-20-7-8-21(11-15(20)12-5-3-2-4-6-12)17(23)13-9-14(18)16(22)19-10-13/h2-6,9-10,15H,7-8,11H2,1H3,(H,19,22). The second-order valence-corrected chi connectivity index (χ2v) is 6.13. The number of hydrogen-bond donors (Lipinski definition) is 1. The Labute approximate surface area is 139 Å². The lowest BCUT2D eigenvalue weighted by Crippen LogP contribution is -2.49. The van der Waals surface area contributed by atoms with Crippen molar-refractivity contribution in [1.29, 1.82) is 0 Å². The molecule has 3 rings (SSSR count). The summed E-state index contributed by atoms with van der Waals surface area (Å²) in [6.45, 7) is 2.05. The molecule has 6 heteroatoms. The minimum atomic E-state index is -0.385. The van der Waals surface area contributed by atoms with Gasteiger partial charge in [-0.1, -0.05) is 41.9 Å². The number of halogens is 1. The molecule has 1 aliphatic heterocycles. The number of likely N-dealkylation sites (N-methyl/N-ethyl adjacent to an activating group) is 1. The first kappa shape index (κ1) is 15.8. The number of nitrogens with zero attached hydrogens (tertiary/aromatic N) is 2. The Morgan fingerprint density at radius 3 is 2.70 bits per heavy atom. The molecule has 5 nitrogen and oxygen atoms in total. The van der Waals surface area contributed by atoms with E-state index >= 15 is 0 Å². The van der Waals surface area contributed by atoms with Gasteiger partial charge in [-0.3, -0.25) is 14.5 Å². The molecule has 120 valence electrons. The van der Waals surface area contributed by atoms with E-state index in [1.165, 1.54) is 17.8 Å². The average Bonchev–Trinajstić information content (AvgIpc) is 2.58. The number of pyridine rings is 1. The van der Waals surface area contributed by atoms with Gasteiger partial charge in [0.05, 0.1) is 11.6 Å². The summed E-state index contributed by atoms with van der Waals surface area (Å²) in [5.74, 6) is -0.114. The molecule has 1 aromatic carbocycles. The van der Waals surface area contributed by atoms with Gasteiger partial charge in [-0.25, -0.2) is 0 Å². The van der Waals surface area contributed by atoms with Crippen LogP contribution < -0.4 is 5.56 Å². The second kappa shape index (κ2) is 6.56. The van der Waals surface area contributed by atoms with Crippen molar-refractivity contribution in [3.63, 3.8) is 0 Å². The van der Waals surface area contributed by atoms with Crippen LogP contribution in [-0.2, 0) is 0 Å². The smallest absolute Gasteiger partial charge is 0.266 e. The van der Waals surface area contributed by atoms with Gasteiger partial charge in [0.2, 0.25) is 0 Å². The zero-order chi connectivity index (χ0) is 16.4. The molecular weight excluding hydrogens is 314 g/mol. The van der Waals surface area contributed by atoms with Crippen LogP contribution in [-0.4, -0.2) is 47.4 Å². The van der Waals surface area contributed by atoms with Gasteiger partial charge in [0.15, 0.2) is 0 Å². The van der Waals surface area contributed by atoms with Gasteiger partial charge in [-0.05, 0) is 18.7 Å². The number of carbonyl (C=O) groups excluding carboxylic acids is 1. The van der Waals surface area contributed by atoms with Crippen LogP contribution in [0.3, 0.4) is 0 Å². The molecule has 1 aliphatic rings. The normalized spacial score (nSPS) is 18.9. The van der Waals surface area contributed by atoms with Gasteiger partial charge in [-0.15, -0.1) is 0 Å². The highest BCUT2D eigenvalue weighted by molar-refractivity contribution is 6.30. The molecule has 2 aromatic rings. The van der Waals surface area contributed by atoms with E-state index in [0.717, 1.165) is 6.54 Å². The van der Waals surface area contributed by atoms with Crippen LogP contribution in [0.25, 0.3) is 0 Å². The number of hydrogen-bond acceptors (Lipinski definition) is 3. The van der Waals surface area contributed by atoms with Gasteiger partial charge in [0.1, 0.15) is 5.02 Å². The summed E-state index contributed by atoms with van der Waals surface area (Å²) in [5, 5.41) is 0.0320. The quantitative estimate of drug-likeness (QED) is 0.917. The van der Waals surface area contributed by atoms with E-state index in [1.807, 2.05) is 23.1 Å². The monoisotopic (exact) mass is 331 g/mol. The van der Waals surface area contributed by atoms with Crippen LogP contribution in [0.5, 0.6) is 0 Å². The van der Waals surface area contributed by atoms with E-state index < -0.39 is 0 Å². The summed E-state index contributed by atoms with van der Waals surface area (Å²) in [7, 11) is 2.07. The molecule has 1 N–H and O–H groups in total. The van der Waals surface area contributed by atoms with Crippen LogP contribution in [0, 0.1) is 0 Å². The van der Waals surface area contributed by atoms with Crippen LogP contribution in [0.1, 0.15) is 22.0 Å². The summed E-state index contributed by atoms with van der Waals surface area (Å²) >= 11 is 5.82. The van der Waals surface area contributed by atoms with Crippen LogP contribution in [0.4, 0.5) is 0 Å². The third kappa shape index (κ3) is 3.30. The van der Waals surface area contributed by atoms with E-state index in [4.69, 9.17) is 11.6 Å². The van der Waals surface area contributed by atoms with Crippen molar-refractivity contribution in [3.05, 3.63) is 69.1 Å². The first-order valence-electron chi connectivity index (χ1n) is 7.49. The topological polar surface area (TPSA) is 56.4 Å². The zero-order valence-electron chi connectivity index (χ0n) is 12.8. The minimum absolute atomic E-state index is 0.0320. The van der Waals surface area contributed by atoms with Crippen molar-refractivity contribution in [3.8, 4) is 0 Å². The highest BCUT2D eigenvalue weighted by Gasteiger charge is 2.29. The molecule has 23 heavy (non-hydrogen) atoms. The molecule has 1 fully saturated rings. The number of amides is 1. The summed E-state index contributed by atoms with van der Waals surface area (Å²) in [6.07, 6.45) is 1.42. The molecule has 0 spiro atoms. The predicted molar refractivity (Wildman–Crippen MR) is 89.8 cm³/mol. The minimum Gasteiger partial charge on any atom is -0.335 e. The number of benzene rings is 1. The van der Waals surface area contributed by atoms with Gasteiger partial charge >= 0.3 is 0 Å². The lowest BCUT2D eigenvalue weighted by atomic mass is 10.0. The van der Waals surface area contributed by atoms with Crippen molar-refractivity contribution in [2.75, 3.05) is 26.7 Å². The van der Waals surface area contributed by atoms with Crippen molar-refractivity contribution < 1.29 is 4.79 Å². The molecule has 1 unspecified atom stereocenters. The Morgan fingerprint density at radius 2 is 2.00 bits per heavy atom. The van der Waals surface area contributed by atoms with Crippen LogP contribution in [0.15, 0.2) is 47.4 Å². The third-order valence-corrected chi connectivity index (χ3v) is 4.51. The first-order valence-corrected chi connectivity index (χ1v) is 7.87. The molecule has 0 bridgehead atoms.